The van der Waals surface area contributed by atoms with Crippen LogP contribution in [0.5, 0.6) is 11.6 Å². The molecule has 284 valence electrons. The van der Waals surface area contributed by atoms with Gasteiger partial charge in [-0.2, -0.15) is 0 Å². The van der Waals surface area contributed by atoms with Crippen LogP contribution in [-0.4, -0.2) is 101 Å². The van der Waals surface area contributed by atoms with Crippen LogP contribution in [0.3, 0.4) is 0 Å². The largest absolute Gasteiger partial charge is 0.497 e. The van der Waals surface area contributed by atoms with Crippen LogP contribution >= 0.6 is 0 Å². The van der Waals surface area contributed by atoms with E-state index in [1.54, 1.807) is 30.2 Å². The number of amides is 3. The zero-order valence-electron chi connectivity index (χ0n) is 31.8. The van der Waals surface area contributed by atoms with Crippen molar-refractivity contribution in [2.24, 2.45) is 17.3 Å². The number of methoxy groups -OCH3 is 1. The molecule has 52 heavy (non-hydrogen) atoms. The standard InChI is InChI=1S/C39H55N5O8/c1-11-13-14-15-30-31(18-19-43(30)25(6)45)52-38(48)42-34(39(7,8)9)36(46)44-21-32(24(5)33(44)37(47)50-22-23(3)4)51-35-27(12-2)40-28-17-16-26(49-10)20-29(28)41-35/h11-12,16-17,20,23-24,30-34H,1-2,13-15,18-19,21-22H2,3-10H3,(H,42,48)/t24-,30+,31-,32+,33+,34-/m1/s1. The van der Waals surface area contributed by atoms with Gasteiger partial charge in [0.2, 0.25) is 17.7 Å². The Bertz CT molecular complexity index is 1640. The lowest BCUT2D eigenvalue weighted by molar-refractivity contribution is -0.156. The zero-order valence-corrected chi connectivity index (χ0v) is 31.8. The van der Waals surface area contributed by atoms with Crippen LogP contribution in [0.25, 0.3) is 17.1 Å². The Morgan fingerprint density at radius 1 is 1.08 bits per heavy atom. The molecule has 0 saturated carbocycles. The predicted molar refractivity (Wildman–Crippen MR) is 198 cm³/mol. The Morgan fingerprint density at radius 3 is 2.42 bits per heavy atom. The number of ether oxygens (including phenoxy) is 4. The molecule has 0 unspecified atom stereocenters. The maximum Gasteiger partial charge on any atom is 0.408 e. The molecule has 3 heterocycles. The number of benzene rings is 1. The van der Waals surface area contributed by atoms with E-state index in [1.807, 2.05) is 47.6 Å². The van der Waals surface area contributed by atoms with Crippen molar-refractivity contribution in [3.8, 4) is 11.6 Å². The minimum absolute atomic E-state index is 0.0146. The van der Waals surface area contributed by atoms with Crippen LogP contribution in [0.2, 0.25) is 0 Å². The van der Waals surface area contributed by atoms with Gasteiger partial charge < -0.3 is 34.1 Å². The van der Waals surface area contributed by atoms with Crippen molar-refractivity contribution in [3.63, 3.8) is 0 Å². The lowest BCUT2D eigenvalue weighted by Gasteiger charge is -2.35. The van der Waals surface area contributed by atoms with Crippen LogP contribution < -0.4 is 14.8 Å². The summed E-state index contributed by atoms with van der Waals surface area (Å²) >= 11 is 0. The van der Waals surface area contributed by atoms with E-state index in [2.05, 4.69) is 23.5 Å². The van der Waals surface area contributed by atoms with Gasteiger partial charge in [0.15, 0.2) is 0 Å². The molecule has 1 N–H and O–H groups in total. The van der Waals surface area contributed by atoms with Crippen molar-refractivity contribution >= 4 is 41.0 Å². The van der Waals surface area contributed by atoms with E-state index < -0.39 is 53.6 Å². The van der Waals surface area contributed by atoms with Crippen LogP contribution in [0.15, 0.2) is 37.4 Å². The van der Waals surface area contributed by atoms with Gasteiger partial charge in [-0.25, -0.2) is 19.6 Å². The maximum absolute atomic E-state index is 14.6. The van der Waals surface area contributed by atoms with E-state index in [0.29, 0.717) is 41.9 Å². The van der Waals surface area contributed by atoms with E-state index in [-0.39, 0.29) is 36.9 Å². The third-order valence-electron chi connectivity index (χ3n) is 9.63. The number of alkyl carbamates (subject to hydrolysis) is 1. The number of hydrogen-bond acceptors (Lipinski definition) is 10. The summed E-state index contributed by atoms with van der Waals surface area (Å²) in [6, 6.07) is 2.96. The molecule has 6 atom stereocenters. The molecule has 2 aliphatic heterocycles. The lowest BCUT2D eigenvalue weighted by Crippen LogP contribution is -2.58. The number of rotatable bonds is 14. The Labute approximate surface area is 307 Å². The fourth-order valence-electron chi connectivity index (χ4n) is 6.80. The highest BCUT2D eigenvalue weighted by Crippen LogP contribution is 2.34. The predicted octanol–water partition coefficient (Wildman–Crippen LogP) is 5.56. The van der Waals surface area contributed by atoms with Crippen LogP contribution in [0, 0.1) is 17.3 Å². The molecular weight excluding hydrogens is 666 g/mol. The third-order valence-corrected chi connectivity index (χ3v) is 9.63. The molecular formula is C39H55N5O8. The second-order valence-electron chi connectivity index (χ2n) is 15.1. The van der Waals surface area contributed by atoms with Gasteiger partial charge in [-0.1, -0.05) is 54.2 Å². The van der Waals surface area contributed by atoms with Gasteiger partial charge in [0.1, 0.15) is 35.7 Å². The molecule has 0 spiro atoms. The summed E-state index contributed by atoms with van der Waals surface area (Å²) in [6.45, 7) is 21.0. The first-order chi connectivity index (χ1) is 24.6. The molecule has 0 radical (unpaired) electrons. The lowest BCUT2D eigenvalue weighted by atomic mass is 9.85. The topological polar surface area (TPSA) is 149 Å². The Kier molecular flexibility index (Phi) is 13.3. The first kappa shape index (κ1) is 40.1. The molecule has 13 nitrogen and oxygen atoms in total. The van der Waals surface area contributed by atoms with Crippen molar-refractivity contribution in [1.29, 1.82) is 0 Å². The monoisotopic (exact) mass is 721 g/mol. The smallest absolute Gasteiger partial charge is 0.408 e. The average Bonchev–Trinajstić information content (AvgIpc) is 3.64. The van der Waals surface area contributed by atoms with Gasteiger partial charge in [-0.15, -0.1) is 6.58 Å². The summed E-state index contributed by atoms with van der Waals surface area (Å²) in [5, 5.41) is 2.82. The van der Waals surface area contributed by atoms with Crippen molar-refractivity contribution in [3.05, 3.63) is 43.1 Å². The number of nitrogens with one attached hydrogen (secondary N) is 1. The number of nitrogens with zero attached hydrogens (tertiary/aromatic N) is 4. The van der Waals surface area contributed by atoms with E-state index in [0.717, 1.165) is 12.8 Å². The summed E-state index contributed by atoms with van der Waals surface area (Å²) < 4.78 is 23.4. The first-order valence-corrected chi connectivity index (χ1v) is 18.1. The van der Waals surface area contributed by atoms with Crippen LogP contribution in [0.1, 0.15) is 79.8 Å². The number of allylic oxidation sites excluding steroid dienone is 1. The molecule has 3 amide bonds. The van der Waals surface area contributed by atoms with Gasteiger partial charge in [-0.05, 0) is 48.8 Å². The molecule has 4 rings (SSSR count). The molecule has 2 aromatic rings. The summed E-state index contributed by atoms with van der Waals surface area (Å²) in [6.07, 6.45) is 4.09. The van der Waals surface area contributed by atoms with Crippen molar-refractivity contribution in [1.82, 2.24) is 25.1 Å². The average molecular weight is 722 g/mol. The molecule has 2 fully saturated rings. The number of unbranched alkanes of at least 4 members (excludes halogenated alkanes) is 1. The quantitative estimate of drug-likeness (QED) is 0.149. The minimum atomic E-state index is -1.08. The molecule has 2 aliphatic rings. The third kappa shape index (κ3) is 9.40. The minimum Gasteiger partial charge on any atom is -0.497 e. The molecule has 2 saturated heterocycles. The highest BCUT2D eigenvalue weighted by molar-refractivity contribution is 5.91. The molecule has 1 aromatic carbocycles. The second kappa shape index (κ2) is 17.2. The SMILES string of the molecule is C=CCCC[C@H]1[C@H](OC(=O)N[C@H](C(=O)N2C[C@H](Oc3nc4cc(OC)ccc4nc3C=C)[C@@H](C)[C@H]2C(=O)OCC(C)C)C(C)(C)C)CCN1C(C)=O. The van der Waals surface area contributed by atoms with E-state index in [9.17, 15) is 19.2 Å². The molecule has 1 aromatic heterocycles. The Morgan fingerprint density at radius 2 is 1.81 bits per heavy atom. The summed E-state index contributed by atoms with van der Waals surface area (Å²) in [4.78, 5) is 66.7. The van der Waals surface area contributed by atoms with Gasteiger partial charge in [0.25, 0.3) is 0 Å². The van der Waals surface area contributed by atoms with Gasteiger partial charge in [0.05, 0.1) is 37.3 Å². The molecule has 0 bridgehead atoms. The number of esters is 1. The number of aromatic nitrogens is 2. The highest BCUT2D eigenvalue weighted by Gasteiger charge is 2.51. The molecule has 13 heteroatoms. The first-order valence-electron chi connectivity index (χ1n) is 18.1. The van der Waals surface area contributed by atoms with Crippen LogP contribution in [0.4, 0.5) is 4.79 Å². The number of likely N-dealkylation sites (tertiary alicyclic amines) is 2. The number of fused-ring (bicyclic) bond motifs is 1. The van der Waals surface area contributed by atoms with Crippen molar-refractivity contribution in [2.45, 2.75) is 104 Å². The Hall–Kier alpha value is -4.68. The summed E-state index contributed by atoms with van der Waals surface area (Å²) in [5.41, 5.74) is 0.783. The maximum atomic E-state index is 14.6. The van der Waals surface area contributed by atoms with Gasteiger partial charge in [-0.3, -0.25) is 9.59 Å². The Balaban J connectivity index is 1.60. The van der Waals surface area contributed by atoms with E-state index in [4.69, 9.17) is 23.9 Å². The zero-order chi connectivity index (χ0) is 38.3. The van der Waals surface area contributed by atoms with E-state index in [1.165, 1.54) is 17.9 Å². The normalized spacial score (nSPS) is 22.2. The fourth-order valence-corrected chi connectivity index (χ4v) is 6.80. The van der Waals surface area contributed by atoms with Crippen molar-refractivity contribution < 1.29 is 38.1 Å². The summed E-state index contributed by atoms with van der Waals surface area (Å²) in [7, 11) is 1.56. The number of carbonyl (C=O) groups is 4. The fraction of sp³-hybridized carbons (Fsp3) is 0.590. The van der Waals surface area contributed by atoms with E-state index >= 15 is 0 Å². The van der Waals surface area contributed by atoms with Crippen LogP contribution in [-0.2, 0) is 23.9 Å². The van der Waals surface area contributed by atoms with Crippen molar-refractivity contribution in [2.75, 3.05) is 26.8 Å². The van der Waals surface area contributed by atoms with Gasteiger partial charge in [0, 0.05) is 31.9 Å². The summed E-state index contributed by atoms with van der Waals surface area (Å²) in [5.74, 6) is -0.774. The van der Waals surface area contributed by atoms with Gasteiger partial charge >= 0.3 is 12.1 Å². The number of carbonyl (C=O) groups excluding carboxylic acids is 4. The highest BCUT2D eigenvalue weighted by atomic mass is 16.6. The molecule has 0 aliphatic carbocycles. The number of hydrogen-bond donors (Lipinski definition) is 1. The second-order valence-corrected chi connectivity index (χ2v) is 15.1.